The maximum Gasteiger partial charge on any atom is 0.137 e. The smallest absolute Gasteiger partial charge is 0.137 e. The first-order chi connectivity index (χ1) is 9.36. The summed E-state index contributed by atoms with van der Waals surface area (Å²) in [6.45, 7) is 2.16. The minimum Gasteiger partial charge on any atom is -0.307 e. The molecule has 0 radical (unpaired) electrons. The molecule has 0 aromatic carbocycles. The molecule has 2 aromatic rings. The van der Waals surface area contributed by atoms with Gasteiger partial charge in [-0.3, -0.25) is 4.90 Å². The van der Waals surface area contributed by atoms with Crippen LogP contribution in [0.25, 0.3) is 5.65 Å². The number of imidazole rings is 1. The fourth-order valence-corrected chi connectivity index (χ4v) is 3.17. The van der Waals surface area contributed by atoms with E-state index in [2.05, 4.69) is 32.7 Å². The number of aromatic nitrogens is 2. The van der Waals surface area contributed by atoms with E-state index < -0.39 is 0 Å². The molecule has 0 N–H and O–H groups in total. The van der Waals surface area contributed by atoms with Gasteiger partial charge in [-0.2, -0.15) is 0 Å². The predicted molar refractivity (Wildman–Crippen MR) is 78.6 cm³/mol. The molecule has 4 heteroatoms. The van der Waals surface area contributed by atoms with Crippen molar-refractivity contribution in [2.45, 2.75) is 38.3 Å². The van der Waals surface area contributed by atoms with E-state index in [0.29, 0.717) is 6.04 Å². The largest absolute Gasteiger partial charge is 0.307 e. The van der Waals surface area contributed by atoms with Gasteiger partial charge in [0.05, 0.1) is 5.69 Å². The fourth-order valence-electron chi connectivity index (χ4n) is 3.01. The highest BCUT2D eigenvalue weighted by Crippen LogP contribution is 2.23. The topological polar surface area (TPSA) is 20.5 Å². The van der Waals surface area contributed by atoms with Crippen LogP contribution in [-0.4, -0.2) is 32.8 Å². The number of nitrogens with zero attached hydrogens (tertiary/aromatic N) is 3. The van der Waals surface area contributed by atoms with Gasteiger partial charge in [0.25, 0.3) is 0 Å². The van der Waals surface area contributed by atoms with Crippen molar-refractivity contribution in [3.63, 3.8) is 0 Å². The van der Waals surface area contributed by atoms with Crippen molar-refractivity contribution in [2.24, 2.45) is 0 Å². The Morgan fingerprint density at radius 1 is 1.37 bits per heavy atom. The zero-order chi connectivity index (χ0) is 13.1. The molecule has 19 heavy (non-hydrogen) atoms. The second-order valence-corrected chi connectivity index (χ2v) is 5.67. The third-order valence-electron chi connectivity index (χ3n) is 3.95. The molecule has 0 saturated carbocycles. The molecule has 1 unspecified atom stereocenters. The summed E-state index contributed by atoms with van der Waals surface area (Å²) in [5, 5.41) is 0. The SMILES string of the molecule is ClCCCC1CCCN1Cc1cn2ccccc2n1. The summed E-state index contributed by atoms with van der Waals surface area (Å²) in [5.74, 6) is 0.776. The van der Waals surface area contributed by atoms with E-state index in [1.165, 1.54) is 31.5 Å². The summed E-state index contributed by atoms with van der Waals surface area (Å²) in [4.78, 5) is 7.25. The van der Waals surface area contributed by atoms with E-state index in [9.17, 15) is 0 Å². The average Bonchev–Trinajstić information content (AvgIpc) is 3.02. The molecule has 3 rings (SSSR count). The van der Waals surface area contributed by atoms with Gasteiger partial charge in [-0.15, -0.1) is 11.6 Å². The van der Waals surface area contributed by atoms with Gasteiger partial charge in [0.15, 0.2) is 0 Å². The minimum absolute atomic E-state index is 0.698. The Hall–Kier alpha value is -1.06. The summed E-state index contributed by atoms with van der Waals surface area (Å²) in [6, 6.07) is 6.82. The molecule has 0 bridgehead atoms. The van der Waals surface area contributed by atoms with Crippen LogP contribution in [0.1, 0.15) is 31.4 Å². The monoisotopic (exact) mass is 277 g/mol. The fraction of sp³-hybridized carbons (Fsp3) is 0.533. The van der Waals surface area contributed by atoms with E-state index in [-0.39, 0.29) is 0 Å². The summed E-state index contributed by atoms with van der Waals surface area (Å²) in [7, 11) is 0. The lowest BCUT2D eigenvalue weighted by Gasteiger charge is -2.23. The van der Waals surface area contributed by atoms with E-state index in [1.54, 1.807) is 0 Å². The Labute approximate surface area is 119 Å². The minimum atomic E-state index is 0.698. The first kappa shape index (κ1) is 12.9. The first-order valence-electron chi connectivity index (χ1n) is 7.09. The third-order valence-corrected chi connectivity index (χ3v) is 4.22. The second kappa shape index (κ2) is 5.93. The molecule has 0 aliphatic carbocycles. The zero-order valence-corrected chi connectivity index (χ0v) is 11.9. The lowest BCUT2D eigenvalue weighted by atomic mass is 10.1. The number of halogens is 1. The predicted octanol–water partition coefficient (Wildman–Crippen LogP) is 3.32. The van der Waals surface area contributed by atoms with E-state index in [4.69, 9.17) is 11.6 Å². The quantitative estimate of drug-likeness (QED) is 0.782. The van der Waals surface area contributed by atoms with E-state index >= 15 is 0 Å². The highest BCUT2D eigenvalue weighted by atomic mass is 35.5. The normalized spacial score (nSPS) is 20.4. The molecule has 3 nitrogen and oxygen atoms in total. The number of pyridine rings is 1. The van der Waals surface area contributed by atoms with Crippen LogP contribution in [-0.2, 0) is 6.54 Å². The van der Waals surface area contributed by atoms with Crippen molar-refractivity contribution in [3.05, 3.63) is 36.3 Å². The lowest BCUT2D eigenvalue weighted by molar-refractivity contribution is 0.231. The molecule has 1 fully saturated rings. The van der Waals surface area contributed by atoms with Crippen LogP contribution in [0.2, 0.25) is 0 Å². The molecule has 1 atom stereocenters. The van der Waals surface area contributed by atoms with E-state index in [1.807, 2.05) is 12.1 Å². The van der Waals surface area contributed by atoms with Gasteiger partial charge in [0, 0.05) is 30.9 Å². The highest BCUT2D eigenvalue weighted by molar-refractivity contribution is 6.17. The van der Waals surface area contributed by atoms with Crippen LogP contribution < -0.4 is 0 Å². The molecule has 1 aliphatic heterocycles. The maximum atomic E-state index is 5.81. The molecule has 0 spiro atoms. The first-order valence-corrected chi connectivity index (χ1v) is 7.63. The maximum absolute atomic E-state index is 5.81. The van der Waals surface area contributed by atoms with Gasteiger partial charge in [0.2, 0.25) is 0 Å². The number of hydrogen-bond donors (Lipinski definition) is 0. The summed E-state index contributed by atoms with van der Waals surface area (Å²) in [6.07, 6.45) is 9.16. The van der Waals surface area contributed by atoms with Crippen molar-refractivity contribution in [2.75, 3.05) is 12.4 Å². The Morgan fingerprint density at radius 3 is 3.16 bits per heavy atom. The van der Waals surface area contributed by atoms with Gasteiger partial charge < -0.3 is 4.40 Å². The Morgan fingerprint density at radius 2 is 2.32 bits per heavy atom. The number of likely N-dealkylation sites (tertiary alicyclic amines) is 1. The van der Waals surface area contributed by atoms with Crippen molar-refractivity contribution in [3.8, 4) is 0 Å². The standard InChI is InChI=1S/C15H20ClN3/c16-8-3-5-14-6-4-10-18(14)11-13-12-19-9-2-1-7-15(19)17-13/h1-2,7,9,12,14H,3-6,8,10-11H2. The highest BCUT2D eigenvalue weighted by Gasteiger charge is 2.24. The van der Waals surface area contributed by atoms with E-state index in [0.717, 1.165) is 24.5 Å². The van der Waals surface area contributed by atoms with Crippen LogP contribution >= 0.6 is 11.6 Å². The van der Waals surface area contributed by atoms with Gasteiger partial charge in [-0.05, 0) is 44.4 Å². The van der Waals surface area contributed by atoms with Gasteiger partial charge in [0.1, 0.15) is 5.65 Å². The van der Waals surface area contributed by atoms with Crippen LogP contribution in [0.4, 0.5) is 0 Å². The molecule has 102 valence electrons. The third kappa shape index (κ3) is 2.93. The molecule has 1 aliphatic rings. The Balaban J connectivity index is 1.69. The number of alkyl halides is 1. The van der Waals surface area contributed by atoms with Crippen LogP contribution in [0.3, 0.4) is 0 Å². The van der Waals surface area contributed by atoms with Crippen molar-refractivity contribution < 1.29 is 0 Å². The summed E-state index contributed by atoms with van der Waals surface area (Å²) < 4.78 is 2.10. The van der Waals surface area contributed by atoms with Crippen molar-refractivity contribution in [1.82, 2.24) is 14.3 Å². The van der Waals surface area contributed by atoms with Crippen LogP contribution in [0.5, 0.6) is 0 Å². The van der Waals surface area contributed by atoms with Gasteiger partial charge in [-0.1, -0.05) is 6.07 Å². The average molecular weight is 278 g/mol. The van der Waals surface area contributed by atoms with Gasteiger partial charge >= 0.3 is 0 Å². The number of fused-ring (bicyclic) bond motifs is 1. The molecule has 3 heterocycles. The summed E-state index contributed by atoms with van der Waals surface area (Å²) >= 11 is 5.81. The molecular weight excluding hydrogens is 258 g/mol. The Bertz CT molecular complexity index is 504. The molecule has 1 saturated heterocycles. The second-order valence-electron chi connectivity index (χ2n) is 5.30. The number of rotatable bonds is 5. The van der Waals surface area contributed by atoms with Crippen LogP contribution in [0.15, 0.2) is 30.6 Å². The van der Waals surface area contributed by atoms with Gasteiger partial charge in [-0.25, -0.2) is 4.98 Å². The molecule has 0 amide bonds. The van der Waals surface area contributed by atoms with Crippen molar-refractivity contribution >= 4 is 17.2 Å². The van der Waals surface area contributed by atoms with Crippen molar-refractivity contribution in [1.29, 1.82) is 0 Å². The Kier molecular flexibility index (Phi) is 4.04. The lowest BCUT2D eigenvalue weighted by Crippen LogP contribution is -2.29. The molecular formula is C15H20ClN3. The molecule has 2 aromatic heterocycles. The summed E-state index contributed by atoms with van der Waals surface area (Å²) in [5.41, 5.74) is 2.21. The van der Waals surface area contributed by atoms with Crippen LogP contribution in [0, 0.1) is 0 Å². The zero-order valence-electron chi connectivity index (χ0n) is 11.1. The number of hydrogen-bond acceptors (Lipinski definition) is 2.